The molecule has 0 saturated carbocycles. The molecule has 0 bridgehead atoms. The number of ketones is 1. The number of carbonyl (C=O) groups excluding carboxylic acids is 1. The van der Waals surface area contributed by atoms with Crippen LogP contribution in [0, 0.1) is 6.92 Å². The molecule has 0 aliphatic heterocycles. The molecule has 17 heavy (non-hydrogen) atoms. The molecule has 0 unspecified atom stereocenters. The second-order valence-electron chi connectivity index (χ2n) is 3.56. The van der Waals surface area contributed by atoms with Crippen molar-refractivity contribution in [3.63, 3.8) is 0 Å². The minimum absolute atomic E-state index is 0.184. The maximum atomic E-state index is 12.1. The lowest BCUT2D eigenvalue weighted by molar-refractivity contribution is 0.103. The standard InChI is InChI=1S/C12H8Cl2N2O/c1-7-2-8(5-15-4-7)12(17)11-10(14)3-9(13)6-16-11/h2-6H,1H3. The number of aryl methyl sites for hydroxylation is 1. The SMILES string of the molecule is Cc1cncc(C(=O)c2ncc(Cl)cc2Cl)c1. The van der Waals surface area contributed by atoms with Crippen LogP contribution in [0.25, 0.3) is 0 Å². The van der Waals surface area contributed by atoms with E-state index in [1.165, 1.54) is 18.5 Å². The molecule has 2 aromatic heterocycles. The highest BCUT2D eigenvalue weighted by Gasteiger charge is 2.15. The lowest BCUT2D eigenvalue weighted by Gasteiger charge is -2.03. The third-order valence-electron chi connectivity index (χ3n) is 2.16. The quantitative estimate of drug-likeness (QED) is 0.784. The summed E-state index contributed by atoms with van der Waals surface area (Å²) in [6.45, 7) is 1.86. The van der Waals surface area contributed by atoms with Crippen molar-refractivity contribution in [1.82, 2.24) is 9.97 Å². The summed E-state index contributed by atoms with van der Waals surface area (Å²) in [6.07, 6.45) is 4.56. The molecule has 0 aliphatic carbocycles. The minimum Gasteiger partial charge on any atom is -0.287 e. The Labute approximate surface area is 108 Å². The number of nitrogens with zero attached hydrogens (tertiary/aromatic N) is 2. The molecule has 2 aromatic rings. The number of rotatable bonds is 2. The number of aromatic nitrogens is 2. The lowest BCUT2D eigenvalue weighted by atomic mass is 10.1. The van der Waals surface area contributed by atoms with E-state index in [-0.39, 0.29) is 16.5 Å². The third-order valence-corrected chi connectivity index (χ3v) is 2.65. The van der Waals surface area contributed by atoms with E-state index >= 15 is 0 Å². The van der Waals surface area contributed by atoms with Gasteiger partial charge in [0.25, 0.3) is 0 Å². The largest absolute Gasteiger partial charge is 0.287 e. The van der Waals surface area contributed by atoms with Gasteiger partial charge in [-0.25, -0.2) is 4.98 Å². The Morgan fingerprint density at radius 1 is 1.18 bits per heavy atom. The third kappa shape index (κ3) is 2.62. The minimum atomic E-state index is -0.261. The summed E-state index contributed by atoms with van der Waals surface area (Å²) < 4.78 is 0. The molecule has 2 rings (SSSR count). The first-order chi connectivity index (χ1) is 8.08. The first-order valence-electron chi connectivity index (χ1n) is 4.85. The molecule has 0 atom stereocenters. The fourth-order valence-electron chi connectivity index (χ4n) is 1.40. The Hall–Kier alpha value is -1.45. The monoisotopic (exact) mass is 266 g/mol. The van der Waals surface area contributed by atoms with Gasteiger partial charge in [-0.15, -0.1) is 0 Å². The summed E-state index contributed by atoms with van der Waals surface area (Å²) in [5.41, 5.74) is 1.55. The Morgan fingerprint density at radius 3 is 2.59 bits per heavy atom. The van der Waals surface area contributed by atoms with Crippen LogP contribution in [0.1, 0.15) is 21.6 Å². The van der Waals surface area contributed by atoms with Crippen molar-refractivity contribution in [3.8, 4) is 0 Å². The van der Waals surface area contributed by atoms with E-state index in [2.05, 4.69) is 9.97 Å². The normalized spacial score (nSPS) is 10.3. The predicted molar refractivity (Wildman–Crippen MR) is 66.7 cm³/mol. The van der Waals surface area contributed by atoms with Gasteiger partial charge in [0.1, 0.15) is 5.69 Å². The van der Waals surface area contributed by atoms with Crippen molar-refractivity contribution in [2.75, 3.05) is 0 Å². The smallest absolute Gasteiger partial charge is 0.214 e. The first-order valence-corrected chi connectivity index (χ1v) is 5.61. The summed E-state index contributed by atoms with van der Waals surface area (Å²) in [5.74, 6) is -0.261. The van der Waals surface area contributed by atoms with E-state index in [1.54, 1.807) is 12.3 Å². The number of pyridine rings is 2. The molecule has 0 aliphatic rings. The van der Waals surface area contributed by atoms with Gasteiger partial charge in [0.05, 0.1) is 10.0 Å². The summed E-state index contributed by atoms with van der Waals surface area (Å²) in [6, 6.07) is 3.23. The average Bonchev–Trinajstić information content (AvgIpc) is 2.28. The van der Waals surface area contributed by atoms with Gasteiger partial charge in [-0.2, -0.15) is 0 Å². The number of hydrogen-bond acceptors (Lipinski definition) is 3. The topological polar surface area (TPSA) is 42.9 Å². The highest BCUT2D eigenvalue weighted by molar-refractivity contribution is 6.37. The first kappa shape index (κ1) is 12.0. The van der Waals surface area contributed by atoms with Gasteiger partial charge in [-0.05, 0) is 24.6 Å². The van der Waals surface area contributed by atoms with Crippen LogP contribution in [0.2, 0.25) is 10.0 Å². The van der Waals surface area contributed by atoms with Crippen molar-refractivity contribution >= 4 is 29.0 Å². The van der Waals surface area contributed by atoms with Gasteiger partial charge >= 0.3 is 0 Å². The second kappa shape index (κ2) is 4.82. The molecule has 0 radical (unpaired) electrons. The highest BCUT2D eigenvalue weighted by atomic mass is 35.5. The summed E-state index contributed by atoms with van der Waals surface area (Å²) in [5, 5.41) is 0.637. The summed E-state index contributed by atoms with van der Waals surface area (Å²) >= 11 is 11.6. The molecule has 86 valence electrons. The van der Waals surface area contributed by atoms with Gasteiger partial charge in [0.15, 0.2) is 0 Å². The van der Waals surface area contributed by atoms with E-state index in [0.717, 1.165) is 5.56 Å². The van der Waals surface area contributed by atoms with Crippen LogP contribution >= 0.6 is 23.2 Å². The van der Waals surface area contributed by atoms with E-state index < -0.39 is 0 Å². The lowest BCUT2D eigenvalue weighted by Crippen LogP contribution is -2.05. The van der Waals surface area contributed by atoms with Gasteiger partial charge in [0.2, 0.25) is 5.78 Å². The Bertz CT molecular complexity index is 584. The molecule has 5 heteroatoms. The molecule has 0 N–H and O–H groups in total. The number of hydrogen-bond donors (Lipinski definition) is 0. The molecule has 0 amide bonds. The maximum absolute atomic E-state index is 12.1. The number of halogens is 2. The van der Waals surface area contributed by atoms with Gasteiger partial charge in [-0.3, -0.25) is 9.78 Å². The van der Waals surface area contributed by atoms with E-state index in [1.807, 2.05) is 6.92 Å². The second-order valence-corrected chi connectivity index (χ2v) is 4.41. The average molecular weight is 267 g/mol. The van der Waals surface area contributed by atoms with Crippen LogP contribution in [-0.4, -0.2) is 15.8 Å². The van der Waals surface area contributed by atoms with Gasteiger partial charge < -0.3 is 0 Å². The fourth-order valence-corrected chi connectivity index (χ4v) is 1.86. The number of carbonyl (C=O) groups is 1. The van der Waals surface area contributed by atoms with Crippen molar-refractivity contribution in [3.05, 3.63) is 57.6 Å². The van der Waals surface area contributed by atoms with Crippen molar-refractivity contribution in [2.24, 2.45) is 0 Å². The van der Waals surface area contributed by atoms with Crippen LogP contribution in [0.5, 0.6) is 0 Å². The molecule has 0 aromatic carbocycles. The highest BCUT2D eigenvalue weighted by Crippen LogP contribution is 2.21. The van der Waals surface area contributed by atoms with Crippen molar-refractivity contribution < 1.29 is 4.79 Å². The van der Waals surface area contributed by atoms with E-state index in [0.29, 0.717) is 10.6 Å². The zero-order chi connectivity index (χ0) is 12.4. The molecule has 2 heterocycles. The fraction of sp³-hybridized carbons (Fsp3) is 0.0833. The molecular weight excluding hydrogens is 259 g/mol. The predicted octanol–water partition coefficient (Wildman–Crippen LogP) is 3.32. The van der Waals surface area contributed by atoms with Crippen LogP contribution in [-0.2, 0) is 0 Å². The summed E-state index contributed by atoms with van der Waals surface area (Å²) in [7, 11) is 0. The van der Waals surface area contributed by atoms with Crippen LogP contribution in [0.4, 0.5) is 0 Å². The van der Waals surface area contributed by atoms with Crippen LogP contribution < -0.4 is 0 Å². The van der Waals surface area contributed by atoms with E-state index in [4.69, 9.17) is 23.2 Å². The van der Waals surface area contributed by atoms with Crippen LogP contribution in [0.3, 0.4) is 0 Å². The molecule has 3 nitrogen and oxygen atoms in total. The van der Waals surface area contributed by atoms with E-state index in [9.17, 15) is 4.79 Å². The van der Waals surface area contributed by atoms with Crippen LogP contribution in [0.15, 0.2) is 30.7 Å². The Morgan fingerprint density at radius 2 is 1.94 bits per heavy atom. The van der Waals surface area contributed by atoms with Crippen molar-refractivity contribution in [2.45, 2.75) is 6.92 Å². The molecule has 0 saturated heterocycles. The molecule has 0 fully saturated rings. The zero-order valence-electron chi connectivity index (χ0n) is 8.95. The Balaban J connectivity index is 2.44. The maximum Gasteiger partial charge on any atom is 0.214 e. The zero-order valence-corrected chi connectivity index (χ0v) is 10.5. The Kier molecular flexibility index (Phi) is 3.41. The summed E-state index contributed by atoms with van der Waals surface area (Å²) in [4.78, 5) is 20.0. The molecule has 0 spiro atoms. The van der Waals surface area contributed by atoms with Gasteiger partial charge in [-0.1, -0.05) is 23.2 Å². The van der Waals surface area contributed by atoms with Gasteiger partial charge in [0, 0.05) is 24.2 Å². The van der Waals surface area contributed by atoms with Crippen molar-refractivity contribution in [1.29, 1.82) is 0 Å². The molecular formula is C12H8Cl2N2O.